The molecule has 0 aliphatic rings. The highest BCUT2D eigenvalue weighted by atomic mass is 15.1. The number of aromatic nitrogens is 2. The zero-order valence-corrected chi connectivity index (χ0v) is 22.4. The number of imidazole rings is 1. The number of anilines is 3. The van der Waals surface area contributed by atoms with Crippen molar-refractivity contribution in [2.75, 3.05) is 4.90 Å². The van der Waals surface area contributed by atoms with Crippen LogP contribution >= 0.6 is 0 Å². The lowest BCUT2D eigenvalue weighted by Gasteiger charge is -2.29. The van der Waals surface area contributed by atoms with Gasteiger partial charge in [0, 0.05) is 42.1 Å². The molecule has 0 aliphatic carbocycles. The Bertz CT molecular complexity index is 1410. The van der Waals surface area contributed by atoms with E-state index in [9.17, 15) is 0 Å². The van der Waals surface area contributed by atoms with Gasteiger partial charge in [-0.05, 0) is 76.6 Å². The van der Waals surface area contributed by atoms with E-state index in [4.69, 9.17) is 0 Å². The number of hydrogen-bond acceptors (Lipinski definition) is 2. The van der Waals surface area contributed by atoms with Gasteiger partial charge in [-0.25, -0.2) is 4.98 Å². The molecule has 0 atom stereocenters. The summed E-state index contributed by atoms with van der Waals surface area (Å²) in [5.41, 5.74) is 9.93. The Labute approximate surface area is 221 Å². The van der Waals surface area contributed by atoms with Crippen molar-refractivity contribution >= 4 is 17.1 Å². The number of hydrogen-bond donors (Lipinski definition) is 0. The lowest BCUT2D eigenvalue weighted by atomic mass is 9.83. The van der Waals surface area contributed by atoms with Crippen LogP contribution in [0.4, 0.5) is 17.1 Å². The zero-order valence-electron chi connectivity index (χ0n) is 22.4. The molecular weight excluding hydrogens is 450 g/mol. The summed E-state index contributed by atoms with van der Waals surface area (Å²) in [4.78, 5) is 6.96. The summed E-state index contributed by atoms with van der Waals surface area (Å²) in [6.07, 6.45) is 3.86. The molecule has 3 nitrogen and oxygen atoms in total. The van der Waals surface area contributed by atoms with Gasteiger partial charge in [0.1, 0.15) is 5.82 Å². The van der Waals surface area contributed by atoms with E-state index < -0.39 is 0 Å². The Morgan fingerprint density at radius 1 is 0.622 bits per heavy atom. The Hall–Kier alpha value is -4.11. The summed E-state index contributed by atoms with van der Waals surface area (Å²) in [5.74, 6) is 1.70. The third-order valence-corrected chi connectivity index (χ3v) is 6.95. The van der Waals surface area contributed by atoms with E-state index in [2.05, 4.69) is 139 Å². The largest absolute Gasteiger partial charge is 0.334 e. The molecule has 37 heavy (non-hydrogen) atoms. The average molecular weight is 486 g/mol. The molecule has 0 bridgehead atoms. The van der Waals surface area contributed by atoms with Gasteiger partial charge in [0.15, 0.2) is 0 Å². The normalized spacial score (nSPS) is 11.3. The molecule has 0 unspecified atom stereocenters. The van der Waals surface area contributed by atoms with Gasteiger partial charge >= 0.3 is 0 Å². The van der Waals surface area contributed by atoms with E-state index in [0.29, 0.717) is 11.8 Å². The summed E-state index contributed by atoms with van der Waals surface area (Å²) in [5, 5.41) is 0. The topological polar surface area (TPSA) is 21.1 Å². The maximum Gasteiger partial charge on any atom is 0.139 e. The fraction of sp³-hybridized carbons (Fsp3) is 0.206. The molecule has 0 fully saturated rings. The van der Waals surface area contributed by atoms with Crippen molar-refractivity contribution in [1.82, 2.24) is 9.55 Å². The van der Waals surface area contributed by atoms with Crippen LogP contribution in [0.1, 0.15) is 50.7 Å². The van der Waals surface area contributed by atoms with Crippen LogP contribution in [0.5, 0.6) is 0 Å². The first-order chi connectivity index (χ1) is 17.9. The molecular formula is C34H35N3. The van der Waals surface area contributed by atoms with Crippen LogP contribution in [0.2, 0.25) is 0 Å². The van der Waals surface area contributed by atoms with Crippen molar-refractivity contribution in [2.45, 2.75) is 39.5 Å². The van der Waals surface area contributed by atoms with Crippen molar-refractivity contribution in [2.24, 2.45) is 7.05 Å². The molecule has 0 N–H and O–H groups in total. The Balaban J connectivity index is 1.74. The smallest absolute Gasteiger partial charge is 0.139 e. The predicted molar refractivity (Wildman–Crippen MR) is 157 cm³/mol. The first kappa shape index (κ1) is 24.6. The molecule has 0 spiro atoms. The first-order valence-electron chi connectivity index (χ1n) is 13.1. The second-order valence-electron chi connectivity index (χ2n) is 10.3. The molecule has 1 heterocycles. The van der Waals surface area contributed by atoms with Gasteiger partial charge in [-0.15, -0.1) is 0 Å². The van der Waals surface area contributed by atoms with E-state index in [0.717, 1.165) is 22.8 Å². The van der Waals surface area contributed by atoms with Crippen LogP contribution < -0.4 is 4.90 Å². The van der Waals surface area contributed by atoms with Gasteiger partial charge in [-0.2, -0.15) is 0 Å². The third-order valence-electron chi connectivity index (χ3n) is 6.95. The highest BCUT2D eigenvalue weighted by molar-refractivity contribution is 5.83. The van der Waals surface area contributed by atoms with Crippen LogP contribution in [0.15, 0.2) is 109 Å². The molecule has 0 saturated heterocycles. The Morgan fingerprint density at radius 2 is 1.16 bits per heavy atom. The molecule has 1 aromatic heterocycles. The minimum absolute atomic E-state index is 0.359. The van der Waals surface area contributed by atoms with Crippen LogP contribution in [0.25, 0.3) is 22.5 Å². The highest BCUT2D eigenvalue weighted by Crippen LogP contribution is 2.43. The SMILES string of the molecule is CC(C)c1cc(N(c2ccccc2)c2ccccc2)cc(C(C)C)c1-c1cccc(-c2nccn2C)c1. The quantitative estimate of drug-likeness (QED) is 0.229. The second-order valence-corrected chi connectivity index (χ2v) is 10.3. The van der Waals surface area contributed by atoms with Crippen LogP contribution in [0, 0.1) is 0 Å². The highest BCUT2D eigenvalue weighted by Gasteiger charge is 2.21. The summed E-state index contributed by atoms with van der Waals surface area (Å²) in [7, 11) is 2.05. The molecule has 0 radical (unpaired) electrons. The lowest BCUT2D eigenvalue weighted by Crippen LogP contribution is -2.12. The minimum atomic E-state index is 0.359. The molecule has 4 aromatic carbocycles. The number of para-hydroxylation sites is 2. The average Bonchev–Trinajstić information content (AvgIpc) is 3.35. The Kier molecular flexibility index (Phi) is 6.96. The molecule has 0 amide bonds. The molecule has 5 aromatic rings. The first-order valence-corrected chi connectivity index (χ1v) is 13.1. The maximum absolute atomic E-state index is 4.60. The Morgan fingerprint density at radius 3 is 1.65 bits per heavy atom. The summed E-state index contributed by atoms with van der Waals surface area (Å²) < 4.78 is 2.08. The fourth-order valence-corrected chi connectivity index (χ4v) is 5.10. The number of nitrogens with zero attached hydrogens (tertiary/aromatic N) is 3. The summed E-state index contributed by atoms with van der Waals surface area (Å²) in [6.45, 7) is 9.19. The molecule has 5 rings (SSSR count). The summed E-state index contributed by atoms with van der Waals surface area (Å²) in [6, 6.07) is 34.9. The zero-order chi connectivity index (χ0) is 25.9. The van der Waals surface area contributed by atoms with E-state index in [1.54, 1.807) is 0 Å². The maximum atomic E-state index is 4.60. The van der Waals surface area contributed by atoms with Crippen molar-refractivity contribution in [3.05, 3.63) is 121 Å². The molecule has 186 valence electrons. The second kappa shape index (κ2) is 10.5. The third kappa shape index (κ3) is 4.95. The van der Waals surface area contributed by atoms with Gasteiger partial charge in [0.05, 0.1) is 0 Å². The lowest BCUT2D eigenvalue weighted by molar-refractivity contribution is 0.837. The predicted octanol–water partition coefficient (Wildman–Crippen LogP) is 9.47. The van der Waals surface area contributed by atoms with Gasteiger partial charge < -0.3 is 9.47 Å². The van der Waals surface area contributed by atoms with E-state index in [-0.39, 0.29) is 0 Å². The van der Waals surface area contributed by atoms with E-state index in [1.165, 1.54) is 27.9 Å². The van der Waals surface area contributed by atoms with Gasteiger partial charge in [0.25, 0.3) is 0 Å². The van der Waals surface area contributed by atoms with Crippen molar-refractivity contribution in [3.63, 3.8) is 0 Å². The molecule has 0 aliphatic heterocycles. The van der Waals surface area contributed by atoms with E-state index >= 15 is 0 Å². The van der Waals surface area contributed by atoms with E-state index in [1.807, 2.05) is 19.4 Å². The van der Waals surface area contributed by atoms with Gasteiger partial charge in [0.2, 0.25) is 0 Å². The number of benzene rings is 4. The fourth-order valence-electron chi connectivity index (χ4n) is 5.10. The van der Waals surface area contributed by atoms with Gasteiger partial charge in [-0.3, -0.25) is 0 Å². The number of aryl methyl sites for hydroxylation is 1. The summed E-state index contributed by atoms with van der Waals surface area (Å²) >= 11 is 0. The van der Waals surface area contributed by atoms with Crippen LogP contribution in [-0.2, 0) is 7.05 Å². The van der Waals surface area contributed by atoms with Crippen molar-refractivity contribution in [3.8, 4) is 22.5 Å². The minimum Gasteiger partial charge on any atom is -0.334 e. The monoisotopic (exact) mass is 485 g/mol. The van der Waals surface area contributed by atoms with Crippen molar-refractivity contribution in [1.29, 1.82) is 0 Å². The van der Waals surface area contributed by atoms with Crippen LogP contribution in [-0.4, -0.2) is 9.55 Å². The van der Waals surface area contributed by atoms with Gasteiger partial charge in [-0.1, -0.05) is 82.3 Å². The molecule has 3 heteroatoms. The molecule has 0 saturated carbocycles. The van der Waals surface area contributed by atoms with Crippen molar-refractivity contribution < 1.29 is 0 Å². The number of rotatable bonds is 7. The standard InChI is InChI=1S/C34H35N3/c1-24(2)31-22-30(37(28-15-8-6-9-16-28)29-17-10-7-11-18-29)23-32(25(3)4)33(31)26-13-12-14-27(21-26)34-35-19-20-36(34)5/h6-25H,1-5H3. The van der Waals surface area contributed by atoms with Crippen LogP contribution in [0.3, 0.4) is 0 Å².